The van der Waals surface area contributed by atoms with Crippen molar-refractivity contribution < 1.29 is 75.8 Å². The van der Waals surface area contributed by atoms with Crippen LogP contribution in [0.5, 0.6) is 0 Å². The van der Waals surface area contributed by atoms with Gasteiger partial charge in [-0.3, -0.25) is 32.5 Å². The van der Waals surface area contributed by atoms with Crippen LogP contribution in [0.3, 0.4) is 0 Å². The molecule has 4 N–H and O–H groups in total. The summed E-state index contributed by atoms with van der Waals surface area (Å²) in [6.45, 7) is 2.54. The van der Waals surface area contributed by atoms with Crippen molar-refractivity contribution in [3.8, 4) is 0 Å². The van der Waals surface area contributed by atoms with E-state index in [1.54, 1.807) is 0 Å². The highest BCUT2D eigenvalue weighted by molar-refractivity contribution is 7.47. The average molecular weight is 1490 g/mol. The fourth-order valence-corrected chi connectivity index (χ4v) is 12.8. The number of aliphatic hydroxyl groups is 2. The van der Waals surface area contributed by atoms with Gasteiger partial charge in [-0.2, -0.15) is 0 Å². The normalized spacial score (nSPS) is 14.5. The number of hydrogen-bond acceptors (Lipinski definition) is 14. The maximum Gasteiger partial charge on any atom is 0.472 e. The number of hydrogen-bond donors (Lipinski definition) is 4. The van der Waals surface area contributed by atoms with Crippen molar-refractivity contribution in [3.05, 3.63) is 109 Å². The molecule has 0 aliphatic rings. The topological polar surface area (TPSA) is 231 Å². The number of rotatable bonds is 78. The van der Waals surface area contributed by atoms with Crippen LogP contribution in [0.4, 0.5) is 0 Å². The van der Waals surface area contributed by atoms with E-state index in [-0.39, 0.29) is 19.3 Å². The third kappa shape index (κ3) is 79.1. The van der Waals surface area contributed by atoms with Crippen LogP contribution < -0.4 is 0 Å². The third-order valence-corrected chi connectivity index (χ3v) is 19.4. The fraction of sp³-hybridized carbons (Fsp3) is 0.753. The molecule has 0 amide bonds. The van der Waals surface area contributed by atoms with Gasteiger partial charge in [-0.25, -0.2) is 9.13 Å². The molecule has 0 radical (unpaired) electrons. The van der Waals surface area contributed by atoms with Gasteiger partial charge in [0.2, 0.25) is 0 Å². The number of allylic oxidation sites excluding steroid dienone is 18. The molecule has 0 aromatic rings. The Balaban J connectivity index is 4.33. The van der Waals surface area contributed by atoms with Crippen LogP contribution in [0.15, 0.2) is 109 Å². The zero-order valence-electron chi connectivity index (χ0n) is 65.2. The summed E-state index contributed by atoms with van der Waals surface area (Å²) in [6.07, 6.45) is 91.7. The van der Waals surface area contributed by atoms with Crippen molar-refractivity contribution in [2.24, 2.45) is 0 Å². The van der Waals surface area contributed by atoms with Gasteiger partial charge in [0.15, 0.2) is 6.10 Å². The second kappa shape index (κ2) is 77.8. The highest BCUT2D eigenvalue weighted by atomic mass is 31.2. The van der Waals surface area contributed by atoms with E-state index < -0.39 is 91.5 Å². The molecule has 5 atom stereocenters. The Bertz CT molecular complexity index is 2310. The molecule has 0 fully saturated rings. The lowest BCUT2D eigenvalue weighted by Gasteiger charge is -2.21. The summed E-state index contributed by atoms with van der Waals surface area (Å²) in [5, 5.41) is 20.6. The largest absolute Gasteiger partial charge is 0.472 e. The summed E-state index contributed by atoms with van der Waals surface area (Å²) in [6, 6.07) is 0. The van der Waals surface area contributed by atoms with Crippen molar-refractivity contribution in [1.82, 2.24) is 0 Å². The molecular weight excluding hydrogens is 1340 g/mol. The molecule has 103 heavy (non-hydrogen) atoms. The Kier molecular flexibility index (Phi) is 74.9. The lowest BCUT2D eigenvalue weighted by molar-refractivity contribution is -0.161. The molecule has 596 valence electrons. The first-order valence-electron chi connectivity index (χ1n) is 41.2. The van der Waals surface area contributed by atoms with Crippen LogP contribution in [0.25, 0.3) is 0 Å². The average Bonchev–Trinajstić information content (AvgIpc) is 0.913. The van der Waals surface area contributed by atoms with Crippen molar-refractivity contribution >= 4 is 33.6 Å². The molecule has 16 nitrogen and oxygen atoms in total. The Morgan fingerprint density at radius 1 is 0.282 bits per heavy atom. The van der Waals surface area contributed by atoms with Crippen LogP contribution in [-0.2, 0) is 55.8 Å². The zero-order valence-corrected chi connectivity index (χ0v) is 67.0. The summed E-state index contributed by atoms with van der Waals surface area (Å²) in [5.74, 6) is -1.58. The monoisotopic (exact) mass is 1490 g/mol. The summed E-state index contributed by atoms with van der Waals surface area (Å²) in [4.78, 5) is 58.6. The smallest absolute Gasteiger partial charge is 0.463 e. The Labute approximate surface area is 628 Å². The SMILES string of the molecule is CC/C=C\C/C=C\C/C=C\C/C=C\C/C=C\CCCCCCCCCCCCCCCCCCCCCC(=O)OCC(O)COP(=O)(O)OCC(O)COP(=O)(O)OCC(COC(=O)CCCCCCC/C=C\C/C=C\C/C=C\C/C=C\CCCCC)OC(=O)CCCCCCCCCCCCC. The molecule has 0 aliphatic heterocycles. The van der Waals surface area contributed by atoms with Gasteiger partial charge in [-0.05, 0) is 109 Å². The molecule has 0 spiro atoms. The number of phosphoric acid groups is 2. The molecular formula is C85H150O16P2. The third-order valence-electron chi connectivity index (χ3n) is 17.5. The van der Waals surface area contributed by atoms with Gasteiger partial charge in [0.25, 0.3) is 0 Å². The number of aliphatic hydroxyl groups excluding tert-OH is 2. The highest BCUT2D eigenvalue weighted by Crippen LogP contribution is 2.45. The van der Waals surface area contributed by atoms with E-state index in [0.717, 1.165) is 128 Å². The van der Waals surface area contributed by atoms with Gasteiger partial charge in [-0.15, -0.1) is 0 Å². The lowest BCUT2D eigenvalue weighted by atomic mass is 10.0. The molecule has 0 saturated carbocycles. The number of carbonyl (C=O) groups is 3. The summed E-state index contributed by atoms with van der Waals surface area (Å²) < 4.78 is 61.1. The summed E-state index contributed by atoms with van der Waals surface area (Å²) >= 11 is 0. The van der Waals surface area contributed by atoms with Crippen molar-refractivity contribution in [3.63, 3.8) is 0 Å². The number of carbonyl (C=O) groups excluding carboxylic acids is 3. The first kappa shape index (κ1) is 99.2. The highest BCUT2D eigenvalue weighted by Gasteiger charge is 2.29. The van der Waals surface area contributed by atoms with Gasteiger partial charge < -0.3 is 34.2 Å². The minimum atomic E-state index is -4.93. The second-order valence-electron chi connectivity index (χ2n) is 27.6. The maximum absolute atomic E-state index is 12.9. The molecule has 0 heterocycles. The first-order chi connectivity index (χ1) is 50.2. The van der Waals surface area contributed by atoms with Crippen molar-refractivity contribution in [1.29, 1.82) is 0 Å². The number of ether oxygens (including phenoxy) is 3. The number of unbranched alkanes of at least 4 members (excludes halogenated alkanes) is 37. The molecule has 5 unspecified atom stereocenters. The minimum absolute atomic E-state index is 0.103. The van der Waals surface area contributed by atoms with Gasteiger partial charge in [0.1, 0.15) is 25.4 Å². The van der Waals surface area contributed by atoms with E-state index in [1.807, 2.05) is 0 Å². The number of phosphoric ester groups is 2. The molecule has 0 aromatic heterocycles. The van der Waals surface area contributed by atoms with Gasteiger partial charge in [0, 0.05) is 19.3 Å². The Hall–Kier alpha value is -3.79. The lowest BCUT2D eigenvalue weighted by Crippen LogP contribution is -2.30. The van der Waals surface area contributed by atoms with Crippen molar-refractivity contribution in [2.45, 2.75) is 373 Å². The Morgan fingerprint density at radius 2 is 0.515 bits per heavy atom. The zero-order chi connectivity index (χ0) is 75.2. The van der Waals surface area contributed by atoms with E-state index in [1.165, 1.54) is 167 Å². The van der Waals surface area contributed by atoms with Crippen LogP contribution in [0.2, 0.25) is 0 Å². The predicted molar refractivity (Wildman–Crippen MR) is 427 cm³/mol. The Morgan fingerprint density at radius 3 is 0.835 bits per heavy atom. The fourth-order valence-electron chi connectivity index (χ4n) is 11.2. The van der Waals surface area contributed by atoms with E-state index in [2.05, 4.69) is 130 Å². The van der Waals surface area contributed by atoms with Crippen LogP contribution in [-0.4, -0.2) is 95.9 Å². The predicted octanol–water partition coefficient (Wildman–Crippen LogP) is 24.3. The van der Waals surface area contributed by atoms with Gasteiger partial charge in [-0.1, -0.05) is 336 Å². The van der Waals surface area contributed by atoms with Crippen LogP contribution in [0.1, 0.15) is 355 Å². The molecule has 0 aliphatic carbocycles. The molecule has 18 heteroatoms. The molecule has 0 saturated heterocycles. The molecule has 0 aromatic carbocycles. The van der Waals surface area contributed by atoms with Gasteiger partial charge >= 0.3 is 33.6 Å². The summed E-state index contributed by atoms with van der Waals surface area (Å²) in [5.41, 5.74) is 0. The van der Waals surface area contributed by atoms with Crippen LogP contribution >= 0.6 is 15.6 Å². The quantitative estimate of drug-likeness (QED) is 0.0146. The maximum atomic E-state index is 12.9. The molecule has 0 bridgehead atoms. The van der Waals surface area contributed by atoms with E-state index in [4.69, 9.17) is 32.3 Å². The van der Waals surface area contributed by atoms with Gasteiger partial charge in [0.05, 0.1) is 26.4 Å². The number of esters is 3. The van der Waals surface area contributed by atoms with E-state index in [9.17, 15) is 43.5 Å². The molecule has 0 rings (SSSR count). The van der Waals surface area contributed by atoms with E-state index in [0.29, 0.717) is 19.3 Å². The van der Waals surface area contributed by atoms with Crippen molar-refractivity contribution in [2.75, 3.05) is 39.6 Å². The first-order valence-corrected chi connectivity index (χ1v) is 44.2. The standard InChI is InChI=1S/C85H150O16P2/c1-4-7-10-13-16-19-22-24-26-28-30-32-33-34-35-36-37-38-39-40-41-42-43-44-45-47-49-50-52-54-57-59-62-65-68-71-83(88)95-74-80(86)75-97-102(91,92)98-76-81(87)77-99-103(93,94)100-79-82(101-85(90)73-70-67-64-61-56-21-18-15-12-9-6-3)78-96-84(89)72-69-66-63-60-58-55-53-51-48-46-31-29-27-25-23-20-17-14-11-8-5-2/h7,10,16-17,19-20,24-27,30-32,34-35,46,51,53,80-82,86-87H,4-6,8-9,11-15,18,21-23,28-29,33,36-45,47-50,52,54-79H2,1-3H3,(H,91,92)(H,93,94)/b10-7-,19-16-,20-17-,26-24-,27-25-,32-30-,35-34-,46-31-,53-51-. The van der Waals surface area contributed by atoms with E-state index >= 15 is 0 Å². The summed E-state index contributed by atoms with van der Waals surface area (Å²) in [7, 11) is -9.78. The van der Waals surface area contributed by atoms with Crippen LogP contribution in [0, 0.1) is 0 Å². The minimum Gasteiger partial charge on any atom is -0.463 e. The second-order valence-corrected chi connectivity index (χ2v) is 30.5.